The average molecular weight is 457 g/mol. The Kier molecular flexibility index (Phi) is 9.44. The summed E-state index contributed by atoms with van der Waals surface area (Å²) in [6.45, 7) is 5.44. The second-order valence-corrected chi connectivity index (χ2v) is 5.54. The first kappa shape index (κ1) is 21.4. The molecule has 2 aromatic rings. The molecule has 0 radical (unpaired) electrons. The fourth-order valence-electron chi connectivity index (χ4n) is 2.34. The second-order valence-electron chi connectivity index (χ2n) is 5.54. The van der Waals surface area contributed by atoms with Crippen molar-refractivity contribution >= 4 is 29.9 Å². The van der Waals surface area contributed by atoms with Gasteiger partial charge >= 0.3 is 0 Å². The summed E-state index contributed by atoms with van der Waals surface area (Å²) in [5.41, 5.74) is 2.60. The molecule has 0 fully saturated rings. The van der Waals surface area contributed by atoms with Gasteiger partial charge in [-0.1, -0.05) is 42.5 Å². The van der Waals surface area contributed by atoms with E-state index < -0.39 is 11.9 Å². The lowest BCUT2D eigenvalue weighted by Crippen LogP contribution is -2.39. The van der Waals surface area contributed by atoms with Crippen LogP contribution in [0.3, 0.4) is 0 Å². The van der Waals surface area contributed by atoms with Crippen molar-refractivity contribution in [1.29, 1.82) is 0 Å². The minimum Gasteiger partial charge on any atom is -0.386 e. The Hall–Kier alpha value is -1.67. The smallest absolute Gasteiger partial charge is 0.191 e. The molecule has 0 aromatic heterocycles. The zero-order valence-electron chi connectivity index (χ0n) is 14.5. The third-order valence-electron chi connectivity index (χ3n) is 3.74. The zero-order valence-corrected chi connectivity index (χ0v) is 16.8. The molecule has 0 aliphatic carbocycles. The number of aryl methyl sites for hydroxylation is 1. The summed E-state index contributed by atoms with van der Waals surface area (Å²) in [6.07, 6.45) is -0.937. The highest BCUT2D eigenvalue weighted by atomic mass is 127. The number of nitrogens with one attached hydrogen (secondary N) is 2. The van der Waals surface area contributed by atoms with Gasteiger partial charge < -0.3 is 15.7 Å². The molecule has 1 unspecified atom stereocenters. The van der Waals surface area contributed by atoms with Crippen LogP contribution in [0.4, 0.5) is 4.39 Å². The molecular weight excluding hydrogens is 432 g/mol. The molecule has 0 saturated heterocycles. The molecule has 0 bridgehead atoms. The predicted octanol–water partition coefficient (Wildman–Crippen LogP) is 3.54. The van der Waals surface area contributed by atoms with E-state index in [9.17, 15) is 9.50 Å². The molecule has 0 spiro atoms. The summed E-state index contributed by atoms with van der Waals surface area (Å²) in [6, 6.07) is 14.3. The molecule has 136 valence electrons. The van der Waals surface area contributed by atoms with Crippen LogP contribution in [0.5, 0.6) is 0 Å². The van der Waals surface area contributed by atoms with Crippen molar-refractivity contribution in [3.05, 3.63) is 71.0 Å². The summed E-state index contributed by atoms with van der Waals surface area (Å²) >= 11 is 0. The van der Waals surface area contributed by atoms with Crippen LogP contribution in [-0.4, -0.2) is 24.2 Å². The van der Waals surface area contributed by atoms with E-state index in [1.54, 1.807) is 18.2 Å². The Morgan fingerprint density at radius 2 is 1.80 bits per heavy atom. The summed E-state index contributed by atoms with van der Waals surface area (Å²) in [7, 11) is 0. The van der Waals surface area contributed by atoms with Gasteiger partial charge in [0, 0.05) is 18.7 Å². The highest BCUT2D eigenvalue weighted by molar-refractivity contribution is 14.0. The standard InChI is InChI=1S/C19H24FN3O.HI/c1-3-21-19(22-12-15-9-5-4-8-14(15)2)23-13-18(24)16-10-6-7-11-17(16)20;/h4-11,18,24H,3,12-13H2,1-2H3,(H2,21,22,23);1H. The third kappa shape index (κ3) is 6.62. The van der Waals surface area contributed by atoms with Crippen LogP contribution >= 0.6 is 24.0 Å². The first-order chi connectivity index (χ1) is 11.6. The molecule has 0 heterocycles. The first-order valence-electron chi connectivity index (χ1n) is 8.11. The number of aliphatic hydroxyl groups excluding tert-OH is 1. The van der Waals surface area contributed by atoms with Crippen LogP contribution in [0, 0.1) is 12.7 Å². The Bertz CT molecular complexity index is 694. The van der Waals surface area contributed by atoms with Crippen molar-refractivity contribution in [2.45, 2.75) is 26.5 Å². The van der Waals surface area contributed by atoms with Crippen molar-refractivity contribution < 1.29 is 9.50 Å². The molecule has 0 aliphatic heterocycles. The largest absolute Gasteiger partial charge is 0.386 e. The average Bonchev–Trinajstić information content (AvgIpc) is 2.58. The van der Waals surface area contributed by atoms with Crippen LogP contribution in [0.1, 0.15) is 29.7 Å². The monoisotopic (exact) mass is 457 g/mol. The van der Waals surface area contributed by atoms with Gasteiger partial charge in [-0.3, -0.25) is 0 Å². The number of halogens is 2. The minimum atomic E-state index is -0.937. The van der Waals surface area contributed by atoms with Gasteiger partial charge in [0.2, 0.25) is 0 Å². The maximum atomic E-state index is 13.7. The normalized spacial score (nSPS) is 12.2. The van der Waals surface area contributed by atoms with Crippen LogP contribution in [0.2, 0.25) is 0 Å². The zero-order chi connectivity index (χ0) is 17.4. The molecule has 25 heavy (non-hydrogen) atoms. The number of aliphatic imine (C=N–C) groups is 1. The van der Waals surface area contributed by atoms with Gasteiger partial charge in [-0.15, -0.1) is 24.0 Å². The Balaban J connectivity index is 0.00000312. The quantitative estimate of drug-likeness (QED) is 0.354. The van der Waals surface area contributed by atoms with E-state index in [1.807, 2.05) is 38.1 Å². The number of nitrogens with zero attached hydrogens (tertiary/aromatic N) is 1. The van der Waals surface area contributed by atoms with E-state index in [2.05, 4.69) is 15.6 Å². The SMILES string of the molecule is CCNC(=NCc1ccccc1C)NCC(O)c1ccccc1F.I. The minimum absolute atomic E-state index is 0. The van der Waals surface area contributed by atoms with E-state index in [0.717, 1.165) is 5.56 Å². The number of aliphatic hydroxyl groups is 1. The van der Waals surface area contributed by atoms with Gasteiger partial charge in [-0.2, -0.15) is 0 Å². The second kappa shape index (κ2) is 11.0. The van der Waals surface area contributed by atoms with Crippen LogP contribution in [-0.2, 0) is 6.54 Å². The molecule has 1 atom stereocenters. The van der Waals surface area contributed by atoms with Crippen LogP contribution in [0.25, 0.3) is 0 Å². The fraction of sp³-hybridized carbons (Fsp3) is 0.316. The maximum Gasteiger partial charge on any atom is 0.191 e. The van der Waals surface area contributed by atoms with Gasteiger partial charge in [-0.05, 0) is 31.0 Å². The van der Waals surface area contributed by atoms with Gasteiger partial charge in [-0.25, -0.2) is 9.38 Å². The van der Waals surface area contributed by atoms with Crippen LogP contribution in [0.15, 0.2) is 53.5 Å². The van der Waals surface area contributed by atoms with Crippen molar-refractivity contribution in [2.75, 3.05) is 13.1 Å². The molecule has 2 aromatic carbocycles. The molecule has 2 rings (SSSR count). The van der Waals surface area contributed by atoms with Crippen molar-refractivity contribution in [3.8, 4) is 0 Å². The topological polar surface area (TPSA) is 56.7 Å². The lowest BCUT2D eigenvalue weighted by Gasteiger charge is -2.16. The van der Waals surface area contributed by atoms with Crippen molar-refractivity contribution in [1.82, 2.24) is 10.6 Å². The number of rotatable bonds is 6. The van der Waals surface area contributed by atoms with E-state index >= 15 is 0 Å². The molecular formula is C19H25FIN3O. The summed E-state index contributed by atoms with van der Waals surface area (Å²) in [5, 5.41) is 16.3. The lowest BCUT2D eigenvalue weighted by molar-refractivity contribution is 0.176. The molecule has 0 amide bonds. The van der Waals surface area contributed by atoms with E-state index in [1.165, 1.54) is 11.6 Å². The molecule has 3 N–H and O–H groups in total. The Morgan fingerprint density at radius 1 is 1.12 bits per heavy atom. The number of benzene rings is 2. The Labute approximate surface area is 165 Å². The number of hydrogen-bond acceptors (Lipinski definition) is 2. The van der Waals surface area contributed by atoms with Crippen LogP contribution < -0.4 is 10.6 Å². The van der Waals surface area contributed by atoms with E-state index in [-0.39, 0.29) is 36.1 Å². The molecule has 4 nitrogen and oxygen atoms in total. The Morgan fingerprint density at radius 3 is 2.48 bits per heavy atom. The van der Waals surface area contributed by atoms with E-state index in [0.29, 0.717) is 19.0 Å². The first-order valence-corrected chi connectivity index (χ1v) is 8.11. The van der Waals surface area contributed by atoms with Gasteiger partial charge in [0.25, 0.3) is 0 Å². The van der Waals surface area contributed by atoms with Gasteiger partial charge in [0.05, 0.1) is 12.6 Å². The lowest BCUT2D eigenvalue weighted by atomic mass is 10.1. The van der Waals surface area contributed by atoms with Crippen molar-refractivity contribution in [2.24, 2.45) is 4.99 Å². The number of hydrogen-bond donors (Lipinski definition) is 3. The maximum absolute atomic E-state index is 13.7. The van der Waals surface area contributed by atoms with E-state index in [4.69, 9.17) is 0 Å². The molecule has 0 aliphatic rings. The molecule has 6 heteroatoms. The highest BCUT2D eigenvalue weighted by Crippen LogP contribution is 2.15. The predicted molar refractivity (Wildman–Crippen MR) is 111 cm³/mol. The fourth-order valence-corrected chi connectivity index (χ4v) is 2.34. The number of guanidine groups is 1. The molecule has 0 saturated carbocycles. The third-order valence-corrected chi connectivity index (χ3v) is 3.74. The van der Waals surface area contributed by atoms with Gasteiger partial charge in [0.1, 0.15) is 5.82 Å². The van der Waals surface area contributed by atoms with Crippen molar-refractivity contribution in [3.63, 3.8) is 0 Å². The summed E-state index contributed by atoms with van der Waals surface area (Å²) < 4.78 is 13.7. The van der Waals surface area contributed by atoms with Gasteiger partial charge in [0.15, 0.2) is 5.96 Å². The highest BCUT2D eigenvalue weighted by Gasteiger charge is 2.12. The summed E-state index contributed by atoms with van der Waals surface area (Å²) in [4.78, 5) is 4.52. The summed E-state index contributed by atoms with van der Waals surface area (Å²) in [5.74, 6) is 0.185.